The number of ether oxygens (including phenoxy) is 1. The third-order valence-corrected chi connectivity index (χ3v) is 8.33. The first-order valence-corrected chi connectivity index (χ1v) is 15.9. The largest absolute Gasteiger partial charge is 0.490 e. The Bertz CT molecular complexity index is 1030. The normalized spacial score (nSPS) is 12.7. The van der Waals surface area contributed by atoms with Crippen LogP contribution >= 0.6 is 40.3 Å². The summed E-state index contributed by atoms with van der Waals surface area (Å²) < 4.78 is 6.08. The Kier molecular flexibility index (Phi) is 16.7. The highest BCUT2D eigenvalue weighted by Gasteiger charge is 2.18. The fourth-order valence-corrected chi connectivity index (χ4v) is 5.91. The standard InChI is InChI=1S/C32H45ClN2O2S.BrH/c1-3-4-5-6-7-8-9-10-11-12-13-16-22-37-31-29(33)20-17-21-30(31)34-32(36)28-19-15-14-18-27(28)23-35-25-38-24-26(35)2;/h14-15,17-21,24H,3-13,16,22-23,25H2,1-2H3,(H,34,36);1H. The summed E-state index contributed by atoms with van der Waals surface area (Å²) >= 11 is 8.26. The number of para-hydroxylation sites is 1. The van der Waals surface area contributed by atoms with E-state index in [1.54, 1.807) is 11.8 Å². The third kappa shape index (κ3) is 11.8. The molecule has 0 atom stereocenters. The van der Waals surface area contributed by atoms with Crippen LogP contribution < -0.4 is 10.1 Å². The van der Waals surface area contributed by atoms with Gasteiger partial charge in [0.15, 0.2) is 5.75 Å². The fourth-order valence-electron chi connectivity index (χ4n) is 4.74. The molecule has 2 aromatic carbocycles. The number of anilines is 1. The van der Waals surface area contributed by atoms with Gasteiger partial charge in [0.2, 0.25) is 0 Å². The molecule has 3 rings (SSSR count). The second-order valence-corrected chi connectivity index (χ2v) is 11.5. The minimum absolute atomic E-state index is 0. The molecule has 1 heterocycles. The van der Waals surface area contributed by atoms with Crippen molar-refractivity contribution < 1.29 is 9.53 Å². The number of allylic oxidation sites excluding steroid dienone is 1. The average molecular weight is 638 g/mol. The van der Waals surface area contributed by atoms with Crippen LogP contribution in [0.4, 0.5) is 5.69 Å². The molecule has 0 radical (unpaired) electrons. The molecule has 1 N–H and O–H groups in total. The highest BCUT2D eigenvalue weighted by molar-refractivity contribution is 8.93. The molecule has 0 saturated heterocycles. The first kappa shape index (κ1) is 33.6. The Labute approximate surface area is 256 Å². The number of nitrogens with one attached hydrogen (secondary N) is 1. The highest BCUT2D eigenvalue weighted by atomic mass is 79.9. The second kappa shape index (κ2) is 19.4. The van der Waals surface area contributed by atoms with E-state index in [9.17, 15) is 4.79 Å². The second-order valence-electron chi connectivity index (χ2n) is 10.2. The molecule has 1 amide bonds. The minimum Gasteiger partial charge on any atom is -0.490 e. The maximum atomic E-state index is 13.3. The Morgan fingerprint density at radius 1 is 0.923 bits per heavy atom. The van der Waals surface area contributed by atoms with Gasteiger partial charge in [-0.1, -0.05) is 113 Å². The molecule has 0 spiro atoms. The lowest BCUT2D eigenvalue weighted by atomic mass is 10.1. The predicted molar refractivity (Wildman–Crippen MR) is 175 cm³/mol. The maximum Gasteiger partial charge on any atom is 0.256 e. The van der Waals surface area contributed by atoms with Crippen LogP contribution in [0.25, 0.3) is 0 Å². The summed E-state index contributed by atoms with van der Waals surface area (Å²) in [7, 11) is 0. The van der Waals surface area contributed by atoms with Crippen molar-refractivity contribution >= 4 is 51.9 Å². The van der Waals surface area contributed by atoms with Crippen molar-refractivity contribution in [2.45, 2.75) is 97.4 Å². The zero-order chi connectivity index (χ0) is 27.0. The number of thioether (sulfide) groups is 1. The molecule has 2 aromatic rings. The Morgan fingerprint density at radius 3 is 2.21 bits per heavy atom. The van der Waals surface area contributed by atoms with E-state index < -0.39 is 0 Å². The van der Waals surface area contributed by atoms with E-state index in [-0.39, 0.29) is 22.9 Å². The summed E-state index contributed by atoms with van der Waals surface area (Å²) in [5.41, 5.74) is 3.52. The van der Waals surface area contributed by atoms with Crippen molar-refractivity contribution in [2.75, 3.05) is 17.8 Å². The number of hydrogen-bond donors (Lipinski definition) is 1. The lowest BCUT2D eigenvalue weighted by molar-refractivity contribution is 0.102. The number of carbonyl (C=O) groups is 1. The van der Waals surface area contributed by atoms with Gasteiger partial charge in [-0.25, -0.2) is 0 Å². The van der Waals surface area contributed by atoms with Crippen molar-refractivity contribution in [3.8, 4) is 5.75 Å². The van der Waals surface area contributed by atoms with Crippen LogP contribution in [0, 0.1) is 0 Å². The highest BCUT2D eigenvalue weighted by Crippen LogP contribution is 2.34. The summed E-state index contributed by atoms with van der Waals surface area (Å²) in [5.74, 6) is 1.32. The number of halogens is 2. The van der Waals surface area contributed by atoms with E-state index in [2.05, 4.69) is 29.5 Å². The van der Waals surface area contributed by atoms with Gasteiger partial charge in [0.25, 0.3) is 5.91 Å². The predicted octanol–water partition coefficient (Wildman–Crippen LogP) is 10.6. The van der Waals surface area contributed by atoms with Crippen LogP contribution in [0.1, 0.15) is 107 Å². The summed E-state index contributed by atoms with van der Waals surface area (Å²) in [6.07, 6.45) is 15.7. The van der Waals surface area contributed by atoms with Gasteiger partial charge in [-0.05, 0) is 42.5 Å². The topological polar surface area (TPSA) is 41.6 Å². The molecule has 39 heavy (non-hydrogen) atoms. The van der Waals surface area contributed by atoms with E-state index in [1.807, 2.05) is 42.5 Å². The van der Waals surface area contributed by atoms with Crippen molar-refractivity contribution in [1.29, 1.82) is 0 Å². The summed E-state index contributed by atoms with van der Waals surface area (Å²) in [6.45, 7) is 5.68. The SMILES string of the molecule is Br.CCCCCCCCCCCCCCOc1c(Cl)cccc1NC(=O)c1ccccc1CN1CSC=C1C. The Balaban J connectivity index is 0.00000533. The van der Waals surface area contributed by atoms with E-state index in [0.717, 1.165) is 24.3 Å². The van der Waals surface area contributed by atoms with Crippen molar-refractivity contribution in [2.24, 2.45) is 0 Å². The molecule has 0 aliphatic carbocycles. The first-order valence-electron chi connectivity index (χ1n) is 14.4. The molecule has 7 heteroatoms. The Morgan fingerprint density at radius 2 is 1.56 bits per heavy atom. The number of carbonyl (C=O) groups excluding carboxylic acids is 1. The smallest absolute Gasteiger partial charge is 0.256 e. The van der Waals surface area contributed by atoms with Crippen molar-refractivity contribution in [1.82, 2.24) is 4.90 Å². The van der Waals surface area contributed by atoms with Crippen LogP contribution in [-0.4, -0.2) is 23.3 Å². The van der Waals surface area contributed by atoms with Crippen LogP contribution in [0.3, 0.4) is 0 Å². The number of amides is 1. The summed E-state index contributed by atoms with van der Waals surface area (Å²) in [6, 6.07) is 13.3. The van der Waals surface area contributed by atoms with E-state index in [0.29, 0.717) is 35.2 Å². The van der Waals surface area contributed by atoms with E-state index in [4.69, 9.17) is 16.3 Å². The lowest BCUT2D eigenvalue weighted by Gasteiger charge is -2.21. The molecule has 0 bridgehead atoms. The van der Waals surface area contributed by atoms with Crippen molar-refractivity contribution in [3.63, 3.8) is 0 Å². The van der Waals surface area contributed by atoms with Crippen LogP contribution in [-0.2, 0) is 6.54 Å². The van der Waals surface area contributed by atoms with Crippen LogP contribution in [0.5, 0.6) is 5.75 Å². The van der Waals surface area contributed by atoms with Gasteiger partial charge in [0.1, 0.15) is 0 Å². The van der Waals surface area contributed by atoms with Crippen molar-refractivity contribution in [3.05, 3.63) is 69.7 Å². The summed E-state index contributed by atoms with van der Waals surface area (Å²) in [5, 5.41) is 5.73. The minimum atomic E-state index is -0.147. The molecule has 0 aromatic heterocycles. The van der Waals surface area contributed by atoms with E-state index >= 15 is 0 Å². The van der Waals surface area contributed by atoms with Gasteiger partial charge in [0.05, 0.1) is 23.2 Å². The van der Waals surface area contributed by atoms with Gasteiger partial charge in [-0.2, -0.15) is 0 Å². The number of nitrogens with zero attached hydrogens (tertiary/aromatic N) is 1. The average Bonchev–Trinajstić information content (AvgIpc) is 3.32. The number of benzene rings is 2. The number of rotatable bonds is 18. The zero-order valence-electron chi connectivity index (χ0n) is 23.7. The van der Waals surface area contributed by atoms with Crippen LogP contribution in [0.2, 0.25) is 5.02 Å². The van der Waals surface area contributed by atoms with Gasteiger partial charge in [-0.15, -0.1) is 28.7 Å². The van der Waals surface area contributed by atoms with Gasteiger partial charge < -0.3 is 15.0 Å². The molecular formula is C32H46BrClN2O2S. The fraction of sp³-hybridized carbons (Fsp3) is 0.531. The van der Waals surface area contributed by atoms with Crippen LogP contribution in [0.15, 0.2) is 53.6 Å². The first-order chi connectivity index (χ1) is 18.6. The van der Waals surface area contributed by atoms with Gasteiger partial charge in [-0.3, -0.25) is 4.79 Å². The number of unbranched alkanes of at least 4 members (excludes halogenated alkanes) is 11. The molecule has 0 saturated carbocycles. The Hall–Kier alpha value is -1.63. The third-order valence-electron chi connectivity index (χ3n) is 7.07. The molecule has 1 aliphatic heterocycles. The monoisotopic (exact) mass is 636 g/mol. The molecule has 4 nitrogen and oxygen atoms in total. The quantitative estimate of drug-likeness (QED) is 0.165. The maximum absolute atomic E-state index is 13.3. The molecule has 0 fully saturated rings. The number of hydrogen-bond acceptors (Lipinski definition) is 4. The van der Waals surface area contributed by atoms with Gasteiger partial charge in [0, 0.05) is 17.8 Å². The zero-order valence-corrected chi connectivity index (χ0v) is 27.0. The summed E-state index contributed by atoms with van der Waals surface area (Å²) in [4.78, 5) is 15.6. The van der Waals surface area contributed by atoms with E-state index in [1.165, 1.54) is 69.9 Å². The molecule has 1 aliphatic rings. The molecule has 216 valence electrons. The molecule has 0 unspecified atom stereocenters. The lowest BCUT2D eigenvalue weighted by Crippen LogP contribution is -2.21. The molecular weight excluding hydrogens is 592 g/mol. The van der Waals surface area contributed by atoms with Gasteiger partial charge >= 0.3 is 0 Å².